The molecule has 2 atom stereocenters. The molecule has 1 fully saturated rings. The standard InChI is InChI=1S/C10H18N4O4/c1-14-3-2-6(5-14)12-10(18)13-7(9(16)17)4-8(11)15/h6-7H,2-5H2,1H3,(H2,11,15)(H,16,17)(H2,12,13,18)/t6?,7-/m0/s1. The number of carbonyl (C=O) groups is 3. The second kappa shape index (κ2) is 6.20. The van der Waals surface area contributed by atoms with Crippen molar-refractivity contribution in [2.75, 3.05) is 20.1 Å². The molecule has 8 heteroatoms. The van der Waals surface area contributed by atoms with Gasteiger partial charge in [-0.2, -0.15) is 0 Å². The summed E-state index contributed by atoms with van der Waals surface area (Å²) in [5.74, 6) is -2.06. The number of amides is 3. The van der Waals surface area contributed by atoms with Gasteiger partial charge in [0.15, 0.2) is 0 Å². The van der Waals surface area contributed by atoms with E-state index < -0.39 is 30.4 Å². The zero-order chi connectivity index (χ0) is 13.7. The van der Waals surface area contributed by atoms with Gasteiger partial charge in [0.25, 0.3) is 0 Å². The van der Waals surface area contributed by atoms with E-state index in [9.17, 15) is 14.4 Å². The van der Waals surface area contributed by atoms with E-state index >= 15 is 0 Å². The summed E-state index contributed by atoms with van der Waals surface area (Å²) < 4.78 is 0. The second-order valence-electron chi connectivity index (χ2n) is 4.43. The van der Waals surface area contributed by atoms with Gasteiger partial charge in [-0.1, -0.05) is 0 Å². The maximum atomic E-state index is 11.5. The first-order chi connectivity index (χ1) is 8.38. The van der Waals surface area contributed by atoms with Gasteiger partial charge in [-0.25, -0.2) is 9.59 Å². The van der Waals surface area contributed by atoms with Crippen molar-refractivity contribution in [1.29, 1.82) is 0 Å². The van der Waals surface area contributed by atoms with Gasteiger partial charge in [0.1, 0.15) is 6.04 Å². The molecule has 1 aliphatic rings. The maximum Gasteiger partial charge on any atom is 0.326 e. The second-order valence-corrected chi connectivity index (χ2v) is 4.43. The molecule has 0 aromatic heterocycles. The van der Waals surface area contributed by atoms with Crippen LogP contribution in [-0.2, 0) is 9.59 Å². The molecule has 102 valence electrons. The number of aliphatic carboxylic acids is 1. The summed E-state index contributed by atoms with van der Waals surface area (Å²) in [5, 5.41) is 13.7. The molecule has 1 heterocycles. The fourth-order valence-corrected chi connectivity index (χ4v) is 1.84. The molecule has 0 saturated carbocycles. The number of urea groups is 1. The quantitative estimate of drug-likeness (QED) is 0.468. The predicted molar refractivity (Wildman–Crippen MR) is 62.8 cm³/mol. The van der Waals surface area contributed by atoms with Gasteiger partial charge in [0.2, 0.25) is 5.91 Å². The van der Waals surface area contributed by atoms with E-state index in [4.69, 9.17) is 10.8 Å². The van der Waals surface area contributed by atoms with E-state index in [1.165, 1.54) is 0 Å². The number of carbonyl (C=O) groups excluding carboxylic acids is 2. The van der Waals surface area contributed by atoms with Gasteiger partial charge in [-0.3, -0.25) is 4.79 Å². The minimum absolute atomic E-state index is 0.00183. The molecule has 0 radical (unpaired) electrons. The number of likely N-dealkylation sites (N-methyl/N-ethyl adjacent to an activating group) is 1. The van der Waals surface area contributed by atoms with Crippen LogP contribution in [0.4, 0.5) is 4.79 Å². The molecule has 1 unspecified atom stereocenters. The van der Waals surface area contributed by atoms with Crippen molar-refractivity contribution in [1.82, 2.24) is 15.5 Å². The van der Waals surface area contributed by atoms with E-state index in [2.05, 4.69) is 15.5 Å². The lowest BCUT2D eigenvalue weighted by Gasteiger charge is -2.17. The Balaban J connectivity index is 2.41. The maximum absolute atomic E-state index is 11.5. The summed E-state index contributed by atoms with van der Waals surface area (Å²) in [6.07, 6.45) is 0.394. The third kappa shape index (κ3) is 4.58. The third-order valence-electron chi connectivity index (χ3n) is 2.74. The van der Waals surface area contributed by atoms with Crippen molar-refractivity contribution in [2.45, 2.75) is 24.9 Å². The van der Waals surface area contributed by atoms with E-state index in [0.717, 1.165) is 19.5 Å². The van der Waals surface area contributed by atoms with Crippen LogP contribution in [0.15, 0.2) is 0 Å². The van der Waals surface area contributed by atoms with Crippen molar-refractivity contribution in [3.63, 3.8) is 0 Å². The van der Waals surface area contributed by atoms with E-state index in [0.29, 0.717) is 0 Å². The highest BCUT2D eigenvalue weighted by Gasteiger charge is 2.25. The number of hydrogen-bond acceptors (Lipinski definition) is 4. The number of rotatable bonds is 5. The van der Waals surface area contributed by atoms with Gasteiger partial charge in [-0.15, -0.1) is 0 Å². The highest BCUT2D eigenvalue weighted by Crippen LogP contribution is 2.05. The Morgan fingerprint density at radius 1 is 1.50 bits per heavy atom. The number of nitrogens with two attached hydrogens (primary N) is 1. The minimum atomic E-state index is -1.29. The fourth-order valence-electron chi connectivity index (χ4n) is 1.84. The molecule has 5 N–H and O–H groups in total. The highest BCUT2D eigenvalue weighted by atomic mass is 16.4. The van der Waals surface area contributed by atoms with Crippen LogP contribution in [0.1, 0.15) is 12.8 Å². The van der Waals surface area contributed by atoms with Crippen molar-refractivity contribution in [3.8, 4) is 0 Å². The number of carboxylic acid groups (broad SMARTS) is 1. The van der Waals surface area contributed by atoms with Crippen molar-refractivity contribution in [3.05, 3.63) is 0 Å². The first kappa shape index (κ1) is 14.2. The van der Waals surface area contributed by atoms with Crippen LogP contribution in [0.3, 0.4) is 0 Å². The van der Waals surface area contributed by atoms with Gasteiger partial charge in [-0.05, 0) is 20.0 Å². The van der Waals surface area contributed by atoms with Crippen LogP contribution < -0.4 is 16.4 Å². The molecule has 0 aromatic rings. The zero-order valence-electron chi connectivity index (χ0n) is 10.2. The van der Waals surface area contributed by atoms with E-state index in [1.54, 1.807) is 0 Å². The van der Waals surface area contributed by atoms with E-state index in [-0.39, 0.29) is 6.04 Å². The number of primary amides is 1. The fraction of sp³-hybridized carbons (Fsp3) is 0.700. The third-order valence-corrected chi connectivity index (χ3v) is 2.74. The molecule has 0 aromatic carbocycles. The zero-order valence-corrected chi connectivity index (χ0v) is 10.2. The van der Waals surface area contributed by atoms with Gasteiger partial charge in [0.05, 0.1) is 6.42 Å². The number of nitrogens with one attached hydrogen (secondary N) is 2. The number of hydrogen-bond donors (Lipinski definition) is 4. The molecule has 0 aliphatic carbocycles. The average Bonchev–Trinajstić information content (AvgIpc) is 2.62. The van der Waals surface area contributed by atoms with Crippen molar-refractivity contribution < 1.29 is 19.5 Å². The SMILES string of the molecule is CN1CCC(NC(=O)N[C@@H](CC(N)=O)C(=O)O)C1. The van der Waals surface area contributed by atoms with Gasteiger partial charge >= 0.3 is 12.0 Å². The molecular formula is C10H18N4O4. The van der Waals surface area contributed by atoms with Crippen LogP contribution in [0.2, 0.25) is 0 Å². The van der Waals surface area contributed by atoms with Crippen molar-refractivity contribution in [2.24, 2.45) is 5.73 Å². The molecular weight excluding hydrogens is 240 g/mol. The Morgan fingerprint density at radius 3 is 2.61 bits per heavy atom. The Kier molecular flexibility index (Phi) is 4.90. The van der Waals surface area contributed by atoms with Crippen LogP contribution in [0, 0.1) is 0 Å². The molecule has 18 heavy (non-hydrogen) atoms. The Bertz CT molecular complexity index is 347. The topological polar surface area (TPSA) is 125 Å². The molecule has 3 amide bonds. The predicted octanol–water partition coefficient (Wildman–Crippen LogP) is -1.68. The first-order valence-electron chi connectivity index (χ1n) is 5.65. The minimum Gasteiger partial charge on any atom is -0.480 e. The largest absolute Gasteiger partial charge is 0.480 e. The summed E-state index contributed by atoms with van der Waals surface area (Å²) in [6.45, 7) is 1.61. The van der Waals surface area contributed by atoms with Crippen LogP contribution in [-0.4, -0.2) is 60.1 Å². The molecule has 8 nitrogen and oxygen atoms in total. The smallest absolute Gasteiger partial charge is 0.326 e. The van der Waals surface area contributed by atoms with Crippen LogP contribution >= 0.6 is 0 Å². The summed E-state index contributed by atoms with van der Waals surface area (Å²) >= 11 is 0. The lowest BCUT2D eigenvalue weighted by atomic mass is 10.2. The van der Waals surface area contributed by atoms with Crippen molar-refractivity contribution >= 4 is 17.9 Å². The van der Waals surface area contributed by atoms with E-state index in [1.807, 2.05) is 7.05 Å². The lowest BCUT2D eigenvalue weighted by Crippen LogP contribution is -2.50. The van der Waals surface area contributed by atoms with Gasteiger partial charge < -0.3 is 26.4 Å². The molecule has 0 bridgehead atoms. The van der Waals surface area contributed by atoms with Crippen LogP contribution in [0.5, 0.6) is 0 Å². The number of likely N-dealkylation sites (tertiary alicyclic amines) is 1. The highest BCUT2D eigenvalue weighted by molar-refractivity contribution is 5.87. The lowest BCUT2D eigenvalue weighted by molar-refractivity contribution is -0.140. The average molecular weight is 258 g/mol. The Hall–Kier alpha value is -1.83. The van der Waals surface area contributed by atoms with Gasteiger partial charge in [0, 0.05) is 12.6 Å². The molecule has 1 rings (SSSR count). The molecule has 0 spiro atoms. The summed E-state index contributed by atoms with van der Waals surface area (Å²) in [5.41, 5.74) is 4.91. The van der Waals surface area contributed by atoms with Crippen LogP contribution in [0.25, 0.3) is 0 Å². The Morgan fingerprint density at radius 2 is 2.17 bits per heavy atom. The summed E-state index contributed by atoms with van der Waals surface area (Å²) in [6, 6.07) is -1.89. The Labute approximate surface area is 104 Å². The summed E-state index contributed by atoms with van der Waals surface area (Å²) in [7, 11) is 1.94. The summed E-state index contributed by atoms with van der Waals surface area (Å²) in [4.78, 5) is 35.1. The number of carboxylic acids is 1. The molecule has 1 saturated heterocycles. The monoisotopic (exact) mass is 258 g/mol. The normalized spacial score (nSPS) is 21.3. The molecule has 1 aliphatic heterocycles. The first-order valence-corrected chi connectivity index (χ1v) is 5.65. The number of nitrogens with zero attached hydrogens (tertiary/aromatic N) is 1.